The predicted octanol–water partition coefficient (Wildman–Crippen LogP) is 2.90. The maximum atomic E-state index is 5.63. The Bertz CT molecular complexity index is 524. The van der Waals surface area contributed by atoms with Crippen LogP contribution in [0.5, 0.6) is 0 Å². The molecule has 0 amide bonds. The molecule has 1 heterocycles. The van der Waals surface area contributed by atoms with Crippen molar-refractivity contribution in [2.75, 3.05) is 18.0 Å². The summed E-state index contributed by atoms with van der Waals surface area (Å²) in [5.41, 5.74) is 8.04. The van der Waals surface area contributed by atoms with Crippen LogP contribution in [0.2, 0.25) is 0 Å². The average molecular weight is 276 g/mol. The molecule has 2 rings (SSSR count). The van der Waals surface area contributed by atoms with E-state index in [1.54, 1.807) is 0 Å². The molecule has 0 bridgehead atoms. The van der Waals surface area contributed by atoms with Gasteiger partial charge in [-0.3, -0.25) is 0 Å². The highest BCUT2D eigenvalue weighted by atomic mass is 32.1. The van der Waals surface area contributed by atoms with Crippen molar-refractivity contribution < 1.29 is 0 Å². The van der Waals surface area contributed by atoms with E-state index in [0.29, 0.717) is 6.54 Å². The second-order valence-electron chi connectivity index (χ2n) is 4.48. The summed E-state index contributed by atoms with van der Waals surface area (Å²) in [6.07, 6.45) is 1.81. The molecule has 0 saturated carbocycles. The third-order valence-electron chi connectivity index (χ3n) is 2.90. The number of anilines is 2. The molecular formula is C14H20N4S. The van der Waals surface area contributed by atoms with Crippen molar-refractivity contribution >= 4 is 22.4 Å². The van der Waals surface area contributed by atoms with E-state index in [0.717, 1.165) is 36.0 Å². The maximum absolute atomic E-state index is 5.63. The molecule has 102 valence electrons. The number of rotatable bonds is 6. The van der Waals surface area contributed by atoms with E-state index in [1.165, 1.54) is 17.1 Å². The van der Waals surface area contributed by atoms with Crippen molar-refractivity contribution in [3.8, 4) is 0 Å². The fraction of sp³-hybridized carbons (Fsp3) is 0.429. The van der Waals surface area contributed by atoms with Gasteiger partial charge in [-0.25, -0.2) is 4.98 Å². The SMILES string of the molecule is CCc1nsc(N(CCCN)c2cccc(C)c2)n1. The van der Waals surface area contributed by atoms with Gasteiger partial charge in [-0.05, 0) is 37.6 Å². The first-order chi connectivity index (χ1) is 9.24. The van der Waals surface area contributed by atoms with Crippen LogP contribution in [0.4, 0.5) is 10.8 Å². The molecular weight excluding hydrogens is 256 g/mol. The zero-order chi connectivity index (χ0) is 13.7. The molecule has 0 unspecified atom stereocenters. The normalized spacial score (nSPS) is 10.7. The Kier molecular flexibility index (Phi) is 4.87. The largest absolute Gasteiger partial charge is 0.330 e. The lowest BCUT2D eigenvalue weighted by atomic mass is 10.2. The van der Waals surface area contributed by atoms with Crippen LogP contribution in [0, 0.1) is 6.92 Å². The fourth-order valence-electron chi connectivity index (χ4n) is 1.88. The van der Waals surface area contributed by atoms with Gasteiger partial charge >= 0.3 is 0 Å². The summed E-state index contributed by atoms with van der Waals surface area (Å²) in [6.45, 7) is 5.73. The minimum atomic E-state index is 0.682. The molecule has 5 heteroatoms. The molecule has 0 aliphatic rings. The van der Waals surface area contributed by atoms with Gasteiger partial charge in [0.25, 0.3) is 0 Å². The summed E-state index contributed by atoms with van der Waals surface area (Å²) < 4.78 is 4.37. The molecule has 0 aliphatic heterocycles. The van der Waals surface area contributed by atoms with Gasteiger partial charge in [0.1, 0.15) is 5.82 Å². The predicted molar refractivity (Wildman–Crippen MR) is 81.1 cm³/mol. The number of aromatic nitrogens is 2. The number of hydrogen-bond acceptors (Lipinski definition) is 5. The minimum absolute atomic E-state index is 0.682. The van der Waals surface area contributed by atoms with Gasteiger partial charge < -0.3 is 10.6 Å². The van der Waals surface area contributed by atoms with E-state index in [2.05, 4.69) is 52.4 Å². The lowest BCUT2D eigenvalue weighted by Crippen LogP contribution is -2.20. The average Bonchev–Trinajstić information content (AvgIpc) is 2.88. The molecule has 4 nitrogen and oxygen atoms in total. The second kappa shape index (κ2) is 6.63. The molecule has 0 fully saturated rings. The van der Waals surface area contributed by atoms with E-state index in [4.69, 9.17) is 5.73 Å². The zero-order valence-electron chi connectivity index (χ0n) is 11.5. The van der Waals surface area contributed by atoms with E-state index in [-0.39, 0.29) is 0 Å². The van der Waals surface area contributed by atoms with E-state index in [9.17, 15) is 0 Å². The summed E-state index contributed by atoms with van der Waals surface area (Å²) in [5.74, 6) is 0.908. The number of nitrogens with zero attached hydrogens (tertiary/aromatic N) is 3. The van der Waals surface area contributed by atoms with Crippen LogP contribution in [0.25, 0.3) is 0 Å². The summed E-state index contributed by atoms with van der Waals surface area (Å²) >= 11 is 1.46. The molecule has 2 N–H and O–H groups in total. The third-order valence-corrected chi connectivity index (χ3v) is 3.68. The maximum Gasteiger partial charge on any atom is 0.209 e. The van der Waals surface area contributed by atoms with Crippen molar-refractivity contribution in [1.29, 1.82) is 0 Å². The van der Waals surface area contributed by atoms with Crippen molar-refractivity contribution in [3.05, 3.63) is 35.7 Å². The van der Waals surface area contributed by atoms with Crippen LogP contribution < -0.4 is 10.6 Å². The molecule has 0 radical (unpaired) electrons. The van der Waals surface area contributed by atoms with Crippen LogP contribution in [-0.4, -0.2) is 22.4 Å². The minimum Gasteiger partial charge on any atom is -0.330 e. The Morgan fingerprint density at radius 1 is 1.37 bits per heavy atom. The standard InChI is InChI=1S/C14H20N4S/c1-3-13-16-14(19-17-13)18(9-5-8-15)12-7-4-6-11(2)10-12/h4,6-7,10H,3,5,8-9,15H2,1-2H3. The first-order valence-electron chi connectivity index (χ1n) is 6.61. The first-order valence-corrected chi connectivity index (χ1v) is 7.38. The topological polar surface area (TPSA) is 55.0 Å². The molecule has 0 aliphatic carbocycles. The monoisotopic (exact) mass is 276 g/mol. The summed E-state index contributed by atoms with van der Waals surface area (Å²) in [7, 11) is 0. The van der Waals surface area contributed by atoms with Gasteiger partial charge in [0.2, 0.25) is 5.13 Å². The van der Waals surface area contributed by atoms with Gasteiger partial charge in [0.05, 0.1) is 0 Å². The summed E-state index contributed by atoms with van der Waals surface area (Å²) in [5, 5.41) is 0.955. The fourth-order valence-corrected chi connectivity index (χ4v) is 2.68. The smallest absolute Gasteiger partial charge is 0.209 e. The van der Waals surface area contributed by atoms with E-state index < -0.39 is 0 Å². The van der Waals surface area contributed by atoms with Gasteiger partial charge in [-0.1, -0.05) is 19.1 Å². The first kappa shape index (κ1) is 14.0. The Morgan fingerprint density at radius 2 is 2.21 bits per heavy atom. The highest BCUT2D eigenvalue weighted by molar-refractivity contribution is 7.09. The molecule has 1 aromatic carbocycles. The third kappa shape index (κ3) is 3.52. The molecule has 2 aromatic rings. The number of nitrogens with two attached hydrogens (primary N) is 1. The number of hydrogen-bond donors (Lipinski definition) is 1. The van der Waals surface area contributed by atoms with Gasteiger partial charge in [-0.15, -0.1) is 0 Å². The summed E-state index contributed by atoms with van der Waals surface area (Å²) in [4.78, 5) is 6.79. The zero-order valence-corrected chi connectivity index (χ0v) is 12.3. The highest BCUT2D eigenvalue weighted by Crippen LogP contribution is 2.27. The van der Waals surface area contributed by atoms with Crippen molar-refractivity contribution in [1.82, 2.24) is 9.36 Å². The summed E-state index contributed by atoms with van der Waals surface area (Å²) in [6, 6.07) is 8.45. The number of benzene rings is 1. The quantitative estimate of drug-likeness (QED) is 0.881. The highest BCUT2D eigenvalue weighted by Gasteiger charge is 2.13. The van der Waals surface area contributed by atoms with Crippen molar-refractivity contribution in [2.24, 2.45) is 5.73 Å². The van der Waals surface area contributed by atoms with Crippen molar-refractivity contribution in [2.45, 2.75) is 26.7 Å². The van der Waals surface area contributed by atoms with Crippen molar-refractivity contribution in [3.63, 3.8) is 0 Å². The van der Waals surface area contributed by atoms with E-state index >= 15 is 0 Å². The van der Waals surface area contributed by atoms with Crippen LogP contribution in [0.1, 0.15) is 24.7 Å². The van der Waals surface area contributed by atoms with Crippen LogP contribution in [0.15, 0.2) is 24.3 Å². The van der Waals surface area contributed by atoms with Gasteiger partial charge in [0, 0.05) is 30.2 Å². The van der Waals surface area contributed by atoms with E-state index in [1.807, 2.05) is 0 Å². The Hall–Kier alpha value is -1.46. The Morgan fingerprint density at radius 3 is 2.84 bits per heavy atom. The Labute approximate surface area is 118 Å². The lowest BCUT2D eigenvalue weighted by Gasteiger charge is -2.21. The molecule has 0 saturated heterocycles. The Balaban J connectivity index is 2.29. The van der Waals surface area contributed by atoms with Crippen LogP contribution >= 0.6 is 11.5 Å². The van der Waals surface area contributed by atoms with Gasteiger partial charge in [0.15, 0.2) is 0 Å². The van der Waals surface area contributed by atoms with Crippen LogP contribution in [0.3, 0.4) is 0 Å². The lowest BCUT2D eigenvalue weighted by molar-refractivity contribution is 0.813. The van der Waals surface area contributed by atoms with Gasteiger partial charge in [-0.2, -0.15) is 4.37 Å². The molecule has 19 heavy (non-hydrogen) atoms. The second-order valence-corrected chi connectivity index (χ2v) is 5.21. The molecule has 0 spiro atoms. The number of aryl methyl sites for hydroxylation is 2. The molecule has 0 atom stereocenters. The van der Waals surface area contributed by atoms with Crippen LogP contribution in [-0.2, 0) is 6.42 Å². The molecule has 1 aromatic heterocycles.